The van der Waals surface area contributed by atoms with Gasteiger partial charge in [-0.3, -0.25) is 4.90 Å². The summed E-state index contributed by atoms with van der Waals surface area (Å²) in [6, 6.07) is 1.61. The Morgan fingerprint density at radius 2 is 2.31 bits per heavy atom. The van der Waals surface area contributed by atoms with Crippen LogP contribution in [-0.2, 0) is 0 Å². The van der Waals surface area contributed by atoms with E-state index in [1.54, 1.807) is 5.57 Å². The molecule has 2 rings (SSSR count). The molecule has 3 unspecified atom stereocenters. The summed E-state index contributed by atoms with van der Waals surface area (Å²) in [6.45, 7) is 4.60. The maximum absolute atomic E-state index is 2.59. The molecule has 1 aliphatic heterocycles. The molecule has 1 fully saturated rings. The van der Waals surface area contributed by atoms with E-state index in [9.17, 15) is 0 Å². The second kappa shape index (κ2) is 3.45. The lowest BCUT2D eigenvalue weighted by atomic mass is 9.86. The minimum atomic E-state index is 0.763. The summed E-state index contributed by atoms with van der Waals surface area (Å²) in [5.74, 6) is 0.957. The molecule has 3 atom stereocenters. The van der Waals surface area contributed by atoms with Crippen LogP contribution >= 0.6 is 0 Å². The van der Waals surface area contributed by atoms with E-state index in [2.05, 4.69) is 31.9 Å². The molecule has 0 amide bonds. The lowest BCUT2D eigenvalue weighted by molar-refractivity contribution is 0.248. The van der Waals surface area contributed by atoms with E-state index in [0.717, 1.165) is 18.0 Å². The summed E-state index contributed by atoms with van der Waals surface area (Å²) in [7, 11) is 2.30. The fourth-order valence-electron chi connectivity index (χ4n) is 3.02. The van der Waals surface area contributed by atoms with Crippen molar-refractivity contribution in [2.75, 3.05) is 7.05 Å². The van der Waals surface area contributed by atoms with Crippen LogP contribution in [0.15, 0.2) is 11.6 Å². The molecule has 0 aromatic heterocycles. The van der Waals surface area contributed by atoms with Crippen LogP contribution in [0.2, 0.25) is 0 Å². The van der Waals surface area contributed by atoms with Crippen molar-refractivity contribution in [2.45, 2.75) is 51.6 Å². The molecular weight excluding hydrogens is 158 g/mol. The van der Waals surface area contributed by atoms with Gasteiger partial charge in [0, 0.05) is 12.1 Å². The van der Waals surface area contributed by atoms with Crippen molar-refractivity contribution in [1.29, 1.82) is 0 Å². The van der Waals surface area contributed by atoms with Gasteiger partial charge in [0.1, 0.15) is 0 Å². The van der Waals surface area contributed by atoms with Crippen molar-refractivity contribution >= 4 is 0 Å². The van der Waals surface area contributed by atoms with Gasteiger partial charge in [0.2, 0.25) is 0 Å². The van der Waals surface area contributed by atoms with Gasteiger partial charge in [0.05, 0.1) is 0 Å². The van der Waals surface area contributed by atoms with Crippen LogP contribution in [0.4, 0.5) is 0 Å². The Morgan fingerprint density at radius 1 is 1.54 bits per heavy atom. The molecule has 0 radical (unpaired) electrons. The van der Waals surface area contributed by atoms with Gasteiger partial charge >= 0.3 is 0 Å². The molecule has 1 aliphatic carbocycles. The van der Waals surface area contributed by atoms with Gasteiger partial charge in [-0.2, -0.15) is 0 Å². The predicted molar refractivity (Wildman–Crippen MR) is 56.7 cm³/mol. The predicted octanol–water partition coefficient (Wildman–Crippen LogP) is 2.83. The molecule has 0 aromatic carbocycles. The number of hydrogen-bond acceptors (Lipinski definition) is 1. The molecule has 1 saturated heterocycles. The average Bonchev–Trinajstić information content (AvgIpc) is 2.44. The minimum absolute atomic E-state index is 0.763. The number of hydrogen-bond donors (Lipinski definition) is 0. The van der Waals surface area contributed by atoms with Gasteiger partial charge < -0.3 is 0 Å². The highest BCUT2D eigenvalue weighted by Gasteiger charge is 2.37. The first-order chi connectivity index (χ1) is 6.22. The summed E-state index contributed by atoms with van der Waals surface area (Å²) in [4.78, 5) is 2.59. The lowest BCUT2D eigenvalue weighted by Crippen LogP contribution is -2.33. The van der Waals surface area contributed by atoms with Gasteiger partial charge in [-0.15, -0.1) is 0 Å². The van der Waals surface area contributed by atoms with E-state index in [0.29, 0.717) is 0 Å². The van der Waals surface area contributed by atoms with Crippen molar-refractivity contribution in [2.24, 2.45) is 5.92 Å². The fourth-order valence-corrected chi connectivity index (χ4v) is 3.02. The molecule has 1 heterocycles. The normalized spacial score (nSPS) is 40.2. The number of likely N-dealkylation sites (tertiary alicyclic amines) is 1. The van der Waals surface area contributed by atoms with Gasteiger partial charge in [-0.1, -0.05) is 18.6 Å². The van der Waals surface area contributed by atoms with Crippen molar-refractivity contribution in [1.82, 2.24) is 4.90 Å². The second-order valence-electron chi connectivity index (χ2n) is 4.77. The number of fused-ring (bicyclic) bond motifs is 1. The van der Waals surface area contributed by atoms with Crippen molar-refractivity contribution in [3.05, 3.63) is 11.6 Å². The quantitative estimate of drug-likeness (QED) is 0.559. The van der Waals surface area contributed by atoms with E-state index in [4.69, 9.17) is 0 Å². The molecule has 74 valence electrons. The molecule has 1 heteroatoms. The van der Waals surface area contributed by atoms with Crippen molar-refractivity contribution in [3.63, 3.8) is 0 Å². The number of rotatable bonds is 1. The number of likely N-dealkylation sites (N-methyl/N-ethyl adjacent to an activating group) is 1. The van der Waals surface area contributed by atoms with Crippen LogP contribution in [-0.4, -0.2) is 24.0 Å². The van der Waals surface area contributed by atoms with Crippen LogP contribution < -0.4 is 0 Å². The Kier molecular flexibility index (Phi) is 2.46. The Balaban J connectivity index is 2.14. The Morgan fingerprint density at radius 3 is 3.00 bits per heavy atom. The molecule has 2 aliphatic rings. The first-order valence-electron chi connectivity index (χ1n) is 5.61. The van der Waals surface area contributed by atoms with Gasteiger partial charge in [0.25, 0.3) is 0 Å². The highest BCUT2D eigenvalue weighted by molar-refractivity contribution is 5.14. The summed E-state index contributed by atoms with van der Waals surface area (Å²) < 4.78 is 0. The Labute approximate surface area is 81.8 Å². The third kappa shape index (κ3) is 1.54. The van der Waals surface area contributed by atoms with E-state index >= 15 is 0 Å². The maximum atomic E-state index is 2.59. The maximum Gasteiger partial charge on any atom is 0.0309 e. The largest absolute Gasteiger partial charge is 0.297 e. The molecular formula is C12H21N. The molecule has 0 saturated carbocycles. The standard InChI is InChI=1S/C12H21N/c1-4-11-8-10-6-5-9(2)7-12(10)13(11)3/h7,10-12H,4-6,8H2,1-3H3. The lowest BCUT2D eigenvalue weighted by Gasteiger charge is -2.28. The summed E-state index contributed by atoms with van der Waals surface area (Å²) >= 11 is 0. The zero-order valence-corrected chi connectivity index (χ0v) is 9.09. The SMILES string of the molecule is CCC1CC2CCC(C)=CC2N1C. The zero-order chi connectivity index (χ0) is 9.42. The molecule has 13 heavy (non-hydrogen) atoms. The Hall–Kier alpha value is -0.300. The topological polar surface area (TPSA) is 3.24 Å². The van der Waals surface area contributed by atoms with Gasteiger partial charge in [0.15, 0.2) is 0 Å². The fraction of sp³-hybridized carbons (Fsp3) is 0.833. The average molecular weight is 179 g/mol. The number of nitrogens with zero attached hydrogens (tertiary/aromatic N) is 1. The van der Waals surface area contributed by atoms with Crippen LogP contribution in [0.25, 0.3) is 0 Å². The first-order valence-corrected chi connectivity index (χ1v) is 5.61. The highest BCUT2D eigenvalue weighted by atomic mass is 15.2. The molecule has 0 spiro atoms. The van der Waals surface area contributed by atoms with Crippen LogP contribution in [0.5, 0.6) is 0 Å². The van der Waals surface area contributed by atoms with E-state index in [1.807, 2.05) is 0 Å². The smallest absolute Gasteiger partial charge is 0.0309 e. The second-order valence-corrected chi connectivity index (χ2v) is 4.77. The first kappa shape index (κ1) is 9.26. The van der Waals surface area contributed by atoms with Crippen LogP contribution in [0, 0.1) is 5.92 Å². The zero-order valence-electron chi connectivity index (χ0n) is 9.09. The number of allylic oxidation sites excluding steroid dienone is 1. The van der Waals surface area contributed by atoms with Crippen LogP contribution in [0.1, 0.15) is 39.5 Å². The molecule has 1 nitrogen and oxygen atoms in total. The minimum Gasteiger partial charge on any atom is -0.297 e. The van der Waals surface area contributed by atoms with Crippen LogP contribution in [0.3, 0.4) is 0 Å². The third-order valence-corrected chi connectivity index (χ3v) is 3.94. The Bertz CT molecular complexity index is 219. The van der Waals surface area contributed by atoms with E-state index in [-0.39, 0.29) is 0 Å². The summed E-state index contributed by atoms with van der Waals surface area (Å²) in [6.07, 6.45) is 8.01. The third-order valence-electron chi connectivity index (χ3n) is 3.94. The molecule has 0 bridgehead atoms. The van der Waals surface area contributed by atoms with Crippen molar-refractivity contribution < 1.29 is 0 Å². The van der Waals surface area contributed by atoms with Gasteiger partial charge in [-0.05, 0) is 45.6 Å². The molecule has 0 N–H and O–H groups in total. The van der Waals surface area contributed by atoms with Crippen molar-refractivity contribution in [3.8, 4) is 0 Å². The van der Waals surface area contributed by atoms with Gasteiger partial charge in [-0.25, -0.2) is 0 Å². The monoisotopic (exact) mass is 179 g/mol. The van der Waals surface area contributed by atoms with E-state index < -0.39 is 0 Å². The summed E-state index contributed by atoms with van der Waals surface area (Å²) in [5, 5.41) is 0. The highest BCUT2D eigenvalue weighted by Crippen LogP contribution is 2.38. The summed E-state index contributed by atoms with van der Waals surface area (Å²) in [5.41, 5.74) is 1.60. The molecule has 0 aromatic rings. The van der Waals surface area contributed by atoms with E-state index in [1.165, 1.54) is 25.7 Å².